The molecule has 0 aliphatic heterocycles. The van der Waals surface area contributed by atoms with Crippen molar-refractivity contribution >= 4 is 21.7 Å². The molecule has 0 aliphatic carbocycles. The molecule has 0 saturated heterocycles. The third-order valence-corrected chi connectivity index (χ3v) is 1.94. The second-order valence-corrected chi connectivity index (χ2v) is 3.40. The van der Waals surface area contributed by atoms with Gasteiger partial charge in [-0.2, -0.15) is 13.2 Å². The van der Waals surface area contributed by atoms with E-state index in [1.54, 1.807) is 0 Å². The lowest BCUT2D eigenvalue weighted by Crippen LogP contribution is -2.13. The van der Waals surface area contributed by atoms with E-state index in [2.05, 4.69) is 20.9 Å². The van der Waals surface area contributed by atoms with Crippen LogP contribution in [0.4, 0.5) is 13.2 Å². The summed E-state index contributed by atoms with van der Waals surface area (Å²) in [6.07, 6.45) is -4.55. The maximum Gasteiger partial charge on any atom is 0.418 e. The lowest BCUT2D eigenvalue weighted by molar-refractivity contribution is -0.138. The van der Waals surface area contributed by atoms with Crippen LogP contribution in [0.3, 0.4) is 0 Å². The van der Waals surface area contributed by atoms with Gasteiger partial charge in [0.2, 0.25) is 0 Å². The summed E-state index contributed by atoms with van der Waals surface area (Å²) in [4.78, 5) is 14.4. The molecule has 0 N–H and O–H groups in total. The van der Waals surface area contributed by atoms with E-state index in [9.17, 15) is 18.0 Å². The fourth-order valence-corrected chi connectivity index (χ4v) is 1.24. The normalized spacial score (nSPS) is 11.5. The average molecular weight is 268 g/mol. The first-order valence-corrected chi connectivity index (χ1v) is 4.36. The summed E-state index contributed by atoms with van der Waals surface area (Å²) in [5.74, 6) is -0.710. The van der Waals surface area contributed by atoms with Crippen LogP contribution in [-0.4, -0.2) is 10.8 Å². The number of rotatable bonds is 1. The van der Waals surface area contributed by atoms with Gasteiger partial charge in [-0.1, -0.05) is 0 Å². The van der Waals surface area contributed by atoms with E-state index in [4.69, 9.17) is 0 Å². The molecule has 0 saturated carbocycles. The molecule has 0 aliphatic rings. The minimum absolute atomic E-state index is 0.204. The highest BCUT2D eigenvalue weighted by molar-refractivity contribution is 9.10. The summed E-state index contributed by atoms with van der Waals surface area (Å²) in [5.41, 5.74) is -1.57. The molecular formula is C8H5BrF3NO. The van der Waals surface area contributed by atoms with Crippen molar-refractivity contribution in [1.29, 1.82) is 0 Å². The van der Waals surface area contributed by atoms with Crippen LogP contribution in [-0.2, 0) is 6.18 Å². The molecule has 6 heteroatoms. The minimum Gasteiger partial charge on any atom is -0.293 e. The van der Waals surface area contributed by atoms with Gasteiger partial charge < -0.3 is 0 Å². The molecule has 0 atom stereocenters. The summed E-state index contributed by atoms with van der Waals surface area (Å²) < 4.78 is 37.2. The van der Waals surface area contributed by atoms with E-state index in [0.29, 0.717) is 0 Å². The molecule has 0 fully saturated rings. The Hall–Kier alpha value is -0.910. The first kappa shape index (κ1) is 11.2. The zero-order valence-corrected chi connectivity index (χ0v) is 8.61. The van der Waals surface area contributed by atoms with Crippen LogP contribution in [0.25, 0.3) is 0 Å². The van der Waals surface area contributed by atoms with Gasteiger partial charge >= 0.3 is 6.18 Å². The van der Waals surface area contributed by atoms with Gasteiger partial charge in [-0.15, -0.1) is 0 Å². The van der Waals surface area contributed by atoms with E-state index in [1.165, 1.54) is 0 Å². The topological polar surface area (TPSA) is 30.0 Å². The van der Waals surface area contributed by atoms with Crippen LogP contribution in [0.5, 0.6) is 0 Å². The standard InChI is InChI=1S/C8H5BrF3NO/c1-4(14)7-5(8(10,11)12)2-3-6(9)13-7/h2-3H,1H3. The SMILES string of the molecule is CC(=O)c1nc(Br)ccc1C(F)(F)F. The molecule has 1 aromatic heterocycles. The Kier molecular flexibility index (Phi) is 2.94. The first-order chi connectivity index (χ1) is 6.32. The van der Waals surface area contributed by atoms with Crippen molar-refractivity contribution in [2.24, 2.45) is 0 Å². The van der Waals surface area contributed by atoms with Crippen molar-refractivity contribution in [2.45, 2.75) is 13.1 Å². The lowest BCUT2D eigenvalue weighted by atomic mass is 10.1. The Morgan fingerprint density at radius 3 is 2.43 bits per heavy atom. The summed E-state index contributed by atoms with van der Waals surface area (Å²) in [6.45, 7) is 1.05. The summed E-state index contributed by atoms with van der Waals surface area (Å²) in [7, 11) is 0. The molecule has 0 bridgehead atoms. The fraction of sp³-hybridized carbons (Fsp3) is 0.250. The molecule has 1 rings (SSSR count). The highest BCUT2D eigenvalue weighted by Gasteiger charge is 2.35. The maximum absolute atomic E-state index is 12.3. The molecule has 76 valence electrons. The van der Waals surface area contributed by atoms with Crippen molar-refractivity contribution in [3.05, 3.63) is 28.0 Å². The van der Waals surface area contributed by atoms with Crippen LogP contribution in [0, 0.1) is 0 Å². The van der Waals surface area contributed by atoms with Crippen molar-refractivity contribution in [1.82, 2.24) is 4.98 Å². The minimum atomic E-state index is -4.55. The molecule has 1 heterocycles. The predicted octanol–water partition coefficient (Wildman–Crippen LogP) is 3.07. The summed E-state index contributed by atoms with van der Waals surface area (Å²) in [6, 6.07) is 1.98. The third kappa shape index (κ3) is 2.31. The Balaban J connectivity index is 3.37. The molecule has 0 unspecified atom stereocenters. The Morgan fingerprint density at radius 2 is 2.00 bits per heavy atom. The zero-order valence-electron chi connectivity index (χ0n) is 7.02. The number of nitrogens with zero attached hydrogens (tertiary/aromatic N) is 1. The number of carbonyl (C=O) groups is 1. The molecule has 0 spiro atoms. The monoisotopic (exact) mass is 267 g/mol. The molecule has 14 heavy (non-hydrogen) atoms. The lowest BCUT2D eigenvalue weighted by Gasteiger charge is -2.09. The zero-order chi connectivity index (χ0) is 10.9. The van der Waals surface area contributed by atoms with Crippen LogP contribution in [0.15, 0.2) is 16.7 Å². The quantitative estimate of drug-likeness (QED) is 0.578. The van der Waals surface area contributed by atoms with E-state index < -0.39 is 23.2 Å². The van der Waals surface area contributed by atoms with Gasteiger partial charge in [-0.3, -0.25) is 4.79 Å². The highest BCUT2D eigenvalue weighted by Crippen LogP contribution is 2.32. The maximum atomic E-state index is 12.3. The number of aromatic nitrogens is 1. The number of hydrogen-bond acceptors (Lipinski definition) is 2. The molecule has 2 nitrogen and oxygen atoms in total. The Morgan fingerprint density at radius 1 is 1.43 bits per heavy atom. The Labute approximate surface area is 86.3 Å². The number of pyridine rings is 1. The van der Waals surface area contributed by atoms with E-state index in [1.807, 2.05) is 0 Å². The number of hydrogen-bond donors (Lipinski definition) is 0. The van der Waals surface area contributed by atoms with Crippen LogP contribution >= 0.6 is 15.9 Å². The van der Waals surface area contributed by atoms with Gasteiger partial charge in [0.05, 0.1) is 5.56 Å². The van der Waals surface area contributed by atoms with Gasteiger partial charge in [0.1, 0.15) is 10.3 Å². The molecule has 0 aromatic carbocycles. The van der Waals surface area contributed by atoms with Crippen LogP contribution < -0.4 is 0 Å². The van der Waals surface area contributed by atoms with E-state index in [0.717, 1.165) is 19.1 Å². The van der Waals surface area contributed by atoms with Gasteiger partial charge in [0.15, 0.2) is 5.78 Å². The van der Waals surface area contributed by atoms with Crippen LogP contribution in [0.2, 0.25) is 0 Å². The molecule has 0 amide bonds. The third-order valence-electron chi connectivity index (χ3n) is 1.50. The predicted molar refractivity (Wildman–Crippen MR) is 46.9 cm³/mol. The fourth-order valence-electron chi connectivity index (χ4n) is 0.932. The average Bonchev–Trinajstić information content (AvgIpc) is 2.01. The van der Waals surface area contributed by atoms with Crippen molar-refractivity contribution in [3.63, 3.8) is 0 Å². The molecule has 1 aromatic rings. The summed E-state index contributed by atoms with van der Waals surface area (Å²) >= 11 is 2.90. The highest BCUT2D eigenvalue weighted by atomic mass is 79.9. The largest absolute Gasteiger partial charge is 0.418 e. The van der Waals surface area contributed by atoms with Gasteiger partial charge in [-0.25, -0.2) is 4.98 Å². The second-order valence-electron chi connectivity index (χ2n) is 2.58. The number of alkyl halides is 3. The Bertz CT molecular complexity index is 375. The van der Waals surface area contributed by atoms with Crippen molar-refractivity contribution < 1.29 is 18.0 Å². The first-order valence-electron chi connectivity index (χ1n) is 3.57. The van der Waals surface area contributed by atoms with Crippen LogP contribution in [0.1, 0.15) is 23.0 Å². The van der Waals surface area contributed by atoms with Gasteiger partial charge in [-0.05, 0) is 28.1 Å². The number of carbonyl (C=O) groups excluding carboxylic acids is 1. The second kappa shape index (κ2) is 3.68. The number of halogens is 4. The van der Waals surface area contributed by atoms with E-state index in [-0.39, 0.29) is 4.60 Å². The van der Waals surface area contributed by atoms with Crippen molar-refractivity contribution in [2.75, 3.05) is 0 Å². The molecule has 0 radical (unpaired) electrons. The van der Waals surface area contributed by atoms with Crippen molar-refractivity contribution in [3.8, 4) is 0 Å². The molecular weight excluding hydrogens is 263 g/mol. The van der Waals surface area contributed by atoms with Gasteiger partial charge in [0.25, 0.3) is 0 Å². The summed E-state index contributed by atoms with van der Waals surface area (Å²) in [5, 5.41) is 0. The van der Waals surface area contributed by atoms with Gasteiger partial charge in [0, 0.05) is 6.92 Å². The number of ketones is 1. The van der Waals surface area contributed by atoms with E-state index >= 15 is 0 Å². The smallest absolute Gasteiger partial charge is 0.293 e. The number of Topliss-reactive ketones (excluding diaryl/α,β-unsaturated/α-hetero) is 1.